The third kappa shape index (κ3) is 3.49. The molecule has 0 aliphatic carbocycles. The average Bonchev–Trinajstić information content (AvgIpc) is 2.60. The molecular weight excluding hydrogens is 291 g/mol. The van der Waals surface area contributed by atoms with Gasteiger partial charge in [0.1, 0.15) is 5.00 Å². The van der Waals surface area contributed by atoms with Crippen LogP contribution >= 0.6 is 22.9 Å². The van der Waals surface area contributed by atoms with Gasteiger partial charge in [-0.3, -0.25) is 5.32 Å². The SMILES string of the molecule is CCN(CC)C(=O)Nc1sc(Cl)nc1C(F)(F)F. The van der Waals surface area contributed by atoms with Crippen LogP contribution in [0.2, 0.25) is 4.47 Å². The first-order chi connectivity index (χ1) is 8.29. The maximum absolute atomic E-state index is 12.6. The predicted molar refractivity (Wildman–Crippen MR) is 64.1 cm³/mol. The molecule has 102 valence electrons. The first kappa shape index (κ1) is 15.0. The molecule has 0 saturated carbocycles. The number of thiazole rings is 1. The molecule has 2 amide bonds. The molecule has 0 saturated heterocycles. The lowest BCUT2D eigenvalue weighted by Crippen LogP contribution is -2.34. The van der Waals surface area contributed by atoms with Crippen LogP contribution in [-0.4, -0.2) is 29.0 Å². The number of aromatic nitrogens is 1. The van der Waals surface area contributed by atoms with Crippen molar-refractivity contribution >= 4 is 34.0 Å². The van der Waals surface area contributed by atoms with Crippen molar-refractivity contribution in [2.45, 2.75) is 20.0 Å². The topological polar surface area (TPSA) is 45.2 Å². The zero-order chi connectivity index (χ0) is 13.9. The van der Waals surface area contributed by atoms with Crippen molar-refractivity contribution in [2.75, 3.05) is 18.4 Å². The average molecular weight is 302 g/mol. The highest BCUT2D eigenvalue weighted by molar-refractivity contribution is 7.19. The fourth-order valence-corrected chi connectivity index (χ4v) is 2.28. The van der Waals surface area contributed by atoms with Gasteiger partial charge in [-0.15, -0.1) is 0 Å². The Bertz CT molecular complexity index is 431. The fourth-order valence-electron chi connectivity index (χ4n) is 1.26. The van der Waals surface area contributed by atoms with Crippen LogP contribution in [0.15, 0.2) is 0 Å². The summed E-state index contributed by atoms with van der Waals surface area (Å²) in [6, 6.07) is -0.606. The summed E-state index contributed by atoms with van der Waals surface area (Å²) in [5.41, 5.74) is -1.17. The van der Waals surface area contributed by atoms with Gasteiger partial charge in [0.15, 0.2) is 10.2 Å². The van der Waals surface area contributed by atoms with E-state index in [1.165, 1.54) is 4.90 Å². The van der Waals surface area contributed by atoms with Gasteiger partial charge in [-0.2, -0.15) is 13.2 Å². The maximum atomic E-state index is 12.6. The molecule has 1 rings (SSSR count). The van der Waals surface area contributed by atoms with Crippen LogP contribution in [0.4, 0.5) is 23.0 Å². The second kappa shape index (κ2) is 5.75. The van der Waals surface area contributed by atoms with Gasteiger partial charge in [0.25, 0.3) is 0 Å². The van der Waals surface area contributed by atoms with Crippen LogP contribution < -0.4 is 5.32 Å². The number of carbonyl (C=O) groups excluding carboxylic acids is 1. The molecule has 1 N–H and O–H groups in total. The molecule has 0 bridgehead atoms. The molecule has 4 nitrogen and oxygen atoms in total. The van der Waals surface area contributed by atoms with Crippen molar-refractivity contribution in [3.8, 4) is 0 Å². The summed E-state index contributed by atoms with van der Waals surface area (Å²) < 4.78 is 37.5. The Kier molecular flexibility index (Phi) is 4.80. The van der Waals surface area contributed by atoms with E-state index in [0.717, 1.165) is 0 Å². The van der Waals surface area contributed by atoms with E-state index in [1.54, 1.807) is 13.8 Å². The lowest BCUT2D eigenvalue weighted by Gasteiger charge is -2.19. The van der Waals surface area contributed by atoms with Crippen LogP contribution in [0.1, 0.15) is 19.5 Å². The van der Waals surface area contributed by atoms with Gasteiger partial charge in [-0.05, 0) is 13.8 Å². The number of hydrogen-bond donors (Lipinski definition) is 1. The molecule has 1 aromatic heterocycles. The maximum Gasteiger partial charge on any atom is 0.436 e. The van der Waals surface area contributed by atoms with E-state index in [1.807, 2.05) is 0 Å². The molecule has 0 spiro atoms. The van der Waals surface area contributed by atoms with Crippen molar-refractivity contribution in [1.29, 1.82) is 0 Å². The van der Waals surface area contributed by atoms with E-state index < -0.39 is 17.9 Å². The van der Waals surface area contributed by atoms with Gasteiger partial charge >= 0.3 is 12.2 Å². The van der Waals surface area contributed by atoms with E-state index in [4.69, 9.17) is 11.6 Å². The van der Waals surface area contributed by atoms with E-state index in [9.17, 15) is 18.0 Å². The predicted octanol–water partition coefficient (Wildman–Crippen LogP) is 3.69. The number of nitrogens with zero attached hydrogens (tertiary/aromatic N) is 2. The van der Waals surface area contributed by atoms with Crippen LogP contribution in [0, 0.1) is 0 Å². The number of hydrogen-bond acceptors (Lipinski definition) is 3. The summed E-state index contributed by atoms with van der Waals surface area (Å²) in [7, 11) is 0. The molecule has 1 heterocycles. The normalized spacial score (nSPS) is 11.4. The number of halogens is 4. The van der Waals surface area contributed by atoms with Crippen molar-refractivity contribution in [3.05, 3.63) is 10.2 Å². The number of rotatable bonds is 3. The van der Waals surface area contributed by atoms with Gasteiger partial charge < -0.3 is 4.90 Å². The molecule has 18 heavy (non-hydrogen) atoms. The summed E-state index contributed by atoms with van der Waals surface area (Å²) in [5, 5.41) is 1.79. The Balaban J connectivity index is 2.94. The van der Waals surface area contributed by atoms with Crippen molar-refractivity contribution in [3.63, 3.8) is 0 Å². The van der Waals surface area contributed by atoms with Crippen molar-refractivity contribution in [1.82, 2.24) is 9.88 Å². The molecule has 0 unspecified atom stereocenters. The highest BCUT2D eigenvalue weighted by Crippen LogP contribution is 2.39. The summed E-state index contributed by atoms with van der Waals surface area (Å²) in [6.07, 6.45) is -4.64. The Morgan fingerprint density at radius 1 is 1.44 bits per heavy atom. The minimum atomic E-state index is -4.64. The Morgan fingerprint density at radius 3 is 2.44 bits per heavy atom. The second-order valence-corrected chi connectivity index (χ2v) is 4.83. The molecule has 0 aliphatic rings. The molecule has 9 heteroatoms. The molecular formula is C9H11ClF3N3OS. The number of carbonyl (C=O) groups is 1. The van der Waals surface area contributed by atoms with Gasteiger partial charge in [0, 0.05) is 13.1 Å². The van der Waals surface area contributed by atoms with Gasteiger partial charge in [0.05, 0.1) is 0 Å². The monoisotopic (exact) mass is 301 g/mol. The number of urea groups is 1. The first-order valence-corrected chi connectivity index (χ1v) is 6.28. The van der Waals surface area contributed by atoms with E-state index in [-0.39, 0.29) is 9.47 Å². The Morgan fingerprint density at radius 2 is 2.00 bits per heavy atom. The molecule has 0 radical (unpaired) electrons. The summed E-state index contributed by atoms with van der Waals surface area (Å²) in [6.45, 7) is 4.26. The molecule has 0 atom stereocenters. The third-order valence-corrected chi connectivity index (χ3v) is 3.22. The molecule has 1 aromatic rings. The number of nitrogens with one attached hydrogen (secondary N) is 1. The van der Waals surface area contributed by atoms with E-state index in [0.29, 0.717) is 24.4 Å². The van der Waals surface area contributed by atoms with Crippen LogP contribution in [0.25, 0.3) is 0 Å². The third-order valence-electron chi connectivity index (χ3n) is 2.14. The molecule has 0 aliphatic heterocycles. The first-order valence-electron chi connectivity index (χ1n) is 5.09. The fraction of sp³-hybridized carbons (Fsp3) is 0.556. The molecule has 0 aromatic carbocycles. The van der Waals surface area contributed by atoms with Crippen LogP contribution in [0.5, 0.6) is 0 Å². The van der Waals surface area contributed by atoms with Gasteiger partial charge in [-0.25, -0.2) is 9.78 Å². The summed E-state index contributed by atoms with van der Waals surface area (Å²) >= 11 is 6.03. The number of amides is 2. The Hall–Kier alpha value is -1.02. The number of anilines is 1. The quantitative estimate of drug-likeness (QED) is 0.925. The van der Waals surface area contributed by atoms with E-state index in [2.05, 4.69) is 10.3 Å². The van der Waals surface area contributed by atoms with Crippen molar-refractivity contribution in [2.24, 2.45) is 0 Å². The summed E-state index contributed by atoms with van der Waals surface area (Å²) in [5.74, 6) is 0. The zero-order valence-electron chi connectivity index (χ0n) is 9.64. The zero-order valence-corrected chi connectivity index (χ0v) is 11.2. The van der Waals surface area contributed by atoms with Crippen molar-refractivity contribution < 1.29 is 18.0 Å². The lowest BCUT2D eigenvalue weighted by molar-refractivity contribution is -0.140. The smallest absolute Gasteiger partial charge is 0.325 e. The lowest BCUT2D eigenvalue weighted by atomic mass is 10.4. The number of alkyl halides is 3. The molecule has 0 fully saturated rings. The minimum absolute atomic E-state index is 0.267. The highest BCUT2D eigenvalue weighted by atomic mass is 35.5. The standard InChI is InChI=1S/C9H11ClF3N3OS/c1-3-16(4-2)8(17)15-6-5(9(11,12)13)14-7(10)18-6/h3-4H2,1-2H3,(H,15,17). The van der Waals surface area contributed by atoms with Crippen LogP contribution in [0.3, 0.4) is 0 Å². The largest absolute Gasteiger partial charge is 0.436 e. The van der Waals surface area contributed by atoms with Gasteiger partial charge in [0.2, 0.25) is 0 Å². The summed E-state index contributed by atoms with van der Waals surface area (Å²) in [4.78, 5) is 16.2. The highest BCUT2D eigenvalue weighted by Gasteiger charge is 2.38. The second-order valence-electron chi connectivity index (χ2n) is 3.24. The van der Waals surface area contributed by atoms with E-state index >= 15 is 0 Å². The minimum Gasteiger partial charge on any atom is -0.325 e. The van der Waals surface area contributed by atoms with Gasteiger partial charge in [-0.1, -0.05) is 22.9 Å². The van der Waals surface area contributed by atoms with Crippen LogP contribution in [-0.2, 0) is 6.18 Å². The Labute approximate surface area is 111 Å².